The van der Waals surface area contributed by atoms with Gasteiger partial charge in [-0.3, -0.25) is 9.59 Å². The van der Waals surface area contributed by atoms with Crippen molar-refractivity contribution in [3.05, 3.63) is 12.7 Å². The number of carbonyl (C=O) groups is 2. The first-order valence-electron chi connectivity index (χ1n) is 6.89. The van der Waals surface area contributed by atoms with Crippen molar-refractivity contribution in [2.24, 2.45) is 5.41 Å². The van der Waals surface area contributed by atoms with Crippen molar-refractivity contribution in [3.63, 3.8) is 0 Å². The molecule has 0 fully saturated rings. The molecule has 0 aromatic heterocycles. The van der Waals surface area contributed by atoms with Crippen molar-refractivity contribution in [1.29, 1.82) is 0 Å². The van der Waals surface area contributed by atoms with Gasteiger partial charge in [0.05, 0.1) is 13.2 Å². The zero-order valence-corrected chi connectivity index (χ0v) is 12.4. The van der Waals surface area contributed by atoms with Gasteiger partial charge in [0.25, 0.3) is 0 Å². The standard InChI is InChI=1S/C15H26O4/c1-5-8-15(4,9-11-18-13(16)6-2)10-12-19-14(17)7-3/h5H,1,6-12H2,2-4H3. The van der Waals surface area contributed by atoms with Crippen molar-refractivity contribution in [2.45, 2.75) is 52.9 Å². The highest BCUT2D eigenvalue weighted by Crippen LogP contribution is 2.30. The molecule has 4 nitrogen and oxygen atoms in total. The van der Waals surface area contributed by atoms with Crippen LogP contribution < -0.4 is 0 Å². The summed E-state index contributed by atoms with van der Waals surface area (Å²) in [5.41, 5.74) is -0.0518. The van der Waals surface area contributed by atoms with Crippen LogP contribution in [0.3, 0.4) is 0 Å². The maximum absolute atomic E-state index is 11.1. The van der Waals surface area contributed by atoms with Crippen LogP contribution in [0, 0.1) is 5.41 Å². The molecule has 0 spiro atoms. The number of hydrogen-bond acceptors (Lipinski definition) is 4. The number of allylic oxidation sites excluding steroid dienone is 1. The van der Waals surface area contributed by atoms with Gasteiger partial charge in [-0.2, -0.15) is 0 Å². The largest absolute Gasteiger partial charge is 0.466 e. The lowest BCUT2D eigenvalue weighted by Crippen LogP contribution is -2.22. The lowest BCUT2D eigenvalue weighted by atomic mass is 9.81. The molecule has 0 amide bonds. The van der Waals surface area contributed by atoms with Gasteiger partial charge in [-0.05, 0) is 24.7 Å². The van der Waals surface area contributed by atoms with Crippen LogP contribution in [0.1, 0.15) is 52.9 Å². The Morgan fingerprint density at radius 3 is 1.79 bits per heavy atom. The summed E-state index contributed by atoms with van der Waals surface area (Å²) in [7, 11) is 0. The average molecular weight is 270 g/mol. The first-order valence-corrected chi connectivity index (χ1v) is 6.89. The van der Waals surface area contributed by atoms with E-state index in [2.05, 4.69) is 13.5 Å². The fourth-order valence-electron chi connectivity index (χ4n) is 1.70. The molecule has 0 atom stereocenters. The molecule has 0 N–H and O–H groups in total. The van der Waals surface area contributed by atoms with E-state index in [0.717, 1.165) is 19.3 Å². The molecule has 0 heterocycles. The lowest BCUT2D eigenvalue weighted by Gasteiger charge is -2.28. The zero-order chi connectivity index (χ0) is 14.7. The van der Waals surface area contributed by atoms with Gasteiger partial charge >= 0.3 is 11.9 Å². The Morgan fingerprint density at radius 1 is 1.05 bits per heavy atom. The van der Waals surface area contributed by atoms with Gasteiger partial charge in [-0.25, -0.2) is 0 Å². The van der Waals surface area contributed by atoms with E-state index in [0.29, 0.717) is 26.1 Å². The minimum atomic E-state index is -0.182. The highest BCUT2D eigenvalue weighted by molar-refractivity contribution is 5.69. The normalized spacial score (nSPS) is 10.9. The predicted molar refractivity (Wildman–Crippen MR) is 74.7 cm³/mol. The van der Waals surface area contributed by atoms with Crippen LogP contribution in [0.15, 0.2) is 12.7 Å². The molecule has 19 heavy (non-hydrogen) atoms. The fourth-order valence-corrected chi connectivity index (χ4v) is 1.70. The molecule has 0 saturated carbocycles. The summed E-state index contributed by atoms with van der Waals surface area (Å²) in [6.07, 6.45) is 4.94. The van der Waals surface area contributed by atoms with E-state index in [1.807, 2.05) is 6.08 Å². The van der Waals surface area contributed by atoms with E-state index in [4.69, 9.17) is 9.47 Å². The third-order valence-corrected chi connectivity index (χ3v) is 3.15. The van der Waals surface area contributed by atoms with Gasteiger partial charge in [0.15, 0.2) is 0 Å². The molecule has 0 aliphatic heterocycles. The molecule has 0 bridgehead atoms. The smallest absolute Gasteiger partial charge is 0.305 e. The van der Waals surface area contributed by atoms with Crippen LogP contribution in [0.5, 0.6) is 0 Å². The summed E-state index contributed by atoms with van der Waals surface area (Å²) in [6, 6.07) is 0. The molecular formula is C15H26O4. The van der Waals surface area contributed by atoms with Crippen molar-refractivity contribution >= 4 is 11.9 Å². The second kappa shape index (κ2) is 9.59. The zero-order valence-electron chi connectivity index (χ0n) is 12.4. The quantitative estimate of drug-likeness (QED) is 0.451. The second-order valence-corrected chi connectivity index (χ2v) is 4.95. The Kier molecular flexibility index (Phi) is 8.92. The highest BCUT2D eigenvalue weighted by atomic mass is 16.5. The second-order valence-electron chi connectivity index (χ2n) is 4.95. The summed E-state index contributed by atoms with van der Waals surface area (Å²) in [5.74, 6) is -0.364. The molecule has 0 aromatic rings. The van der Waals surface area contributed by atoms with E-state index in [-0.39, 0.29) is 17.4 Å². The lowest BCUT2D eigenvalue weighted by molar-refractivity contribution is -0.144. The maximum Gasteiger partial charge on any atom is 0.305 e. The summed E-state index contributed by atoms with van der Waals surface area (Å²) in [5, 5.41) is 0. The van der Waals surface area contributed by atoms with Crippen molar-refractivity contribution in [2.75, 3.05) is 13.2 Å². The average Bonchev–Trinajstić information content (AvgIpc) is 2.38. The van der Waals surface area contributed by atoms with Crippen molar-refractivity contribution in [1.82, 2.24) is 0 Å². The Balaban J connectivity index is 4.13. The first kappa shape index (κ1) is 17.7. The summed E-state index contributed by atoms with van der Waals surface area (Å²) >= 11 is 0. The van der Waals surface area contributed by atoms with Gasteiger partial charge in [0.2, 0.25) is 0 Å². The molecule has 0 aromatic carbocycles. The number of rotatable bonds is 10. The Bertz CT molecular complexity index is 275. The molecule has 0 rings (SSSR count). The summed E-state index contributed by atoms with van der Waals surface area (Å²) < 4.78 is 10.2. The maximum atomic E-state index is 11.1. The predicted octanol–water partition coefficient (Wildman–Crippen LogP) is 3.26. The number of ether oxygens (including phenoxy) is 2. The van der Waals surface area contributed by atoms with Crippen LogP contribution in [0.4, 0.5) is 0 Å². The SMILES string of the molecule is C=CCC(C)(CCOC(=O)CC)CCOC(=O)CC. The molecule has 4 heteroatoms. The van der Waals surface area contributed by atoms with Crippen molar-refractivity contribution < 1.29 is 19.1 Å². The van der Waals surface area contributed by atoms with E-state index in [1.54, 1.807) is 13.8 Å². The molecule has 0 aliphatic carbocycles. The summed E-state index contributed by atoms with van der Waals surface area (Å²) in [6.45, 7) is 10.2. The first-order chi connectivity index (χ1) is 8.97. The monoisotopic (exact) mass is 270 g/mol. The van der Waals surface area contributed by atoms with Crippen LogP contribution in [0.25, 0.3) is 0 Å². The topological polar surface area (TPSA) is 52.6 Å². The number of hydrogen-bond donors (Lipinski definition) is 0. The van der Waals surface area contributed by atoms with Crippen molar-refractivity contribution in [3.8, 4) is 0 Å². The molecule has 0 aliphatic rings. The van der Waals surface area contributed by atoms with E-state index < -0.39 is 0 Å². The molecular weight excluding hydrogens is 244 g/mol. The van der Waals surface area contributed by atoms with Gasteiger partial charge in [-0.15, -0.1) is 6.58 Å². The van der Waals surface area contributed by atoms with Crippen LogP contribution in [-0.2, 0) is 19.1 Å². The Labute approximate surface area is 116 Å². The minimum Gasteiger partial charge on any atom is -0.466 e. The molecule has 0 saturated heterocycles. The van der Waals surface area contributed by atoms with Crippen LogP contribution in [-0.4, -0.2) is 25.2 Å². The van der Waals surface area contributed by atoms with E-state index in [1.165, 1.54) is 0 Å². The number of esters is 2. The molecule has 0 radical (unpaired) electrons. The minimum absolute atomic E-state index is 0.0518. The number of carbonyl (C=O) groups excluding carboxylic acids is 2. The Hall–Kier alpha value is -1.32. The van der Waals surface area contributed by atoms with E-state index >= 15 is 0 Å². The van der Waals surface area contributed by atoms with Gasteiger partial charge in [0, 0.05) is 12.8 Å². The Morgan fingerprint density at radius 2 is 1.47 bits per heavy atom. The third-order valence-electron chi connectivity index (χ3n) is 3.15. The van der Waals surface area contributed by atoms with Gasteiger partial charge in [0.1, 0.15) is 0 Å². The van der Waals surface area contributed by atoms with Gasteiger partial charge in [-0.1, -0.05) is 26.8 Å². The van der Waals surface area contributed by atoms with Crippen LogP contribution in [0.2, 0.25) is 0 Å². The fraction of sp³-hybridized carbons (Fsp3) is 0.733. The third kappa shape index (κ3) is 8.41. The molecule has 110 valence electrons. The summed E-state index contributed by atoms with van der Waals surface area (Å²) in [4.78, 5) is 22.2. The molecule has 0 unspecified atom stereocenters. The van der Waals surface area contributed by atoms with Crippen LogP contribution >= 0.6 is 0 Å². The highest BCUT2D eigenvalue weighted by Gasteiger charge is 2.23. The van der Waals surface area contributed by atoms with Gasteiger partial charge < -0.3 is 9.47 Å². The van der Waals surface area contributed by atoms with E-state index in [9.17, 15) is 9.59 Å².